The third kappa shape index (κ3) is 4.26. The highest BCUT2D eigenvalue weighted by Gasteiger charge is 2.08. The van der Waals surface area contributed by atoms with Gasteiger partial charge in [-0.25, -0.2) is 0 Å². The maximum Gasteiger partial charge on any atom is 0.142 e. The predicted octanol–water partition coefficient (Wildman–Crippen LogP) is 3.09. The first-order chi connectivity index (χ1) is 8.04. The van der Waals surface area contributed by atoms with Crippen molar-refractivity contribution in [3.8, 4) is 5.75 Å². The maximum absolute atomic E-state index is 8.41. The number of benzene rings is 1. The van der Waals surface area contributed by atoms with E-state index in [9.17, 15) is 0 Å². The molecule has 0 aliphatic heterocycles. The Balaban J connectivity index is 2.70. The van der Waals surface area contributed by atoms with Gasteiger partial charge in [0.1, 0.15) is 11.6 Å². The normalized spacial score (nSPS) is 11.9. The smallest absolute Gasteiger partial charge is 0.142 e. The molecule has 94 valence electrons. The van der Waals surface area contributed by atoms with Crippen molar-refractivity contribution >= 4 is 21.8 Å². The molecule has 1 rings (SSSR count). The summed E-state index contributed by atoms with van der Waals surface area (Å²) in [5.41, 5.74) is 6.51. The predicted molar refractivity (Wildman–Crippen MR) is 71.8 cm³/mol. The van der Waals surface area contributed by atoms with Crippen LogP contribution in [0.15, 0.2) is 27.8 Å². The Kier molecular flexibility index (Phi) is 5.28. The number of ether oxygens (including phenoxy) is 1. The summed E-state index contributed by atoms with van der Waals surface area (Å²) in [5, 5.41) is 11.3. The third-order valence-corrected chi connectivity index (χ3v) is 2.83. The molecule has 5 heteroatoms. The molecular formula is C12H17BrN2O2. The number of hydrogen-bond acceptors (Lipinski definition) is 3. The quantitative estimate of drug-likeness (QED) is 0.380. The van der Waals surface area contributed by atoms with Crippen LogP contribution in [0.25, 0.3) is 0 Å². The maximum atomic E-state index is 8.41. The van der Waals surface area contributed by atoms with Crippen molar-refractivity contribution in [2.75, 3.05) is 6.61 Å². The van der Waals surface area contributed by atoms with Crippen LogP contribution in [0, 0.1) is 0 Å². The van der Waals surface area contributed by atoms with Gasteiger partial charge in [0.25, 0.3) is 0 Å². The van der Waals surface area contributed by atoms with Crippen LogP contribution in [-0.4, -0.2) is 17.6 Å². The molecule has 0 spiro atoms. The van der Waals surface area contributed by atoms with Crippen molar-refractivity contribution in [2.45, 2.75) is 26.2 Å². The summed E-state index contributed by atoms with van der Waals surface area (Å²) in [6.45, 7) is 4.62. The molecule has 0 radical (unpaired) electrons. The van der Waals surface area contributed by atoms with Crippen LogP contribution in [0.3, 0.4) is 0 Å². The van der Waals surface area contributed by atoms with Crippen LogP contribution in [0.5, 0.6) is 5.75 Å². The second-order valence-corrected chi connectivity index (χ2v) is 4.94. The first-order valence-electron chi connectivity index (χ1n) is 5.43. The number of amidine groups is 1. The molecule has 3 N–H and O–H groups in total. The number of nitrogens with zero attached hydrogens (tertiary/aromatic N) is 1. The van der Waals surface area contributed by atoms with Gasteiger partial charge >= 0.3 is 0 Å². The topological polar surface area (TPSA) is 67.8 Å². The minimum atomic E-state index is 0.174. The highest BCUT2D eigenvalue weighted by atomic mass is 79.9. The van der Waals surface area contributed by atoms with Gasteiger partial charge in [-0.15, -0.1) is 0 Å². The average molecular weight is 301 g/mol. The summed E-state index contributed by atoms with van der Waals surface area (Å²) in [4.78, 5) is 0. The number of nitrogens with two attached hydrogens (primary N) is 1. The van der Waals surface area contributed by atoms with E-state index in [0.717, 1.165) is 15.8 Å². The van der Waals surface area contributed by atoms with E-state index < -0.39 is 0 Å². The lowest BCUT2D eigenvalue weighted by atomic mass is 10.0. The molecule has 0 amide bonds. The molecule has 0 aliphatic carbocycles. The van der Waals surface area contributed by atoms with Gasteiger partial charge in [-0.3, -0.25) is 0 Å². The molecule has 0 aliphatic rings. The summed E-state index contributed by atoms with van der Waals surface area (Å²) in [6.07, 6.45) is 0.407. The van der Waals surface area contributed by atoms with Crippen LogP contribution in [0.4, 0.5) is 0 Å². The molecule has 0 heterocycles. The fourth-order valence-electron chi connectivity index (χ4n) is 1.42. The van der Waals surface area contributed by atoms with E-state index in [0.29, 0.717) is 18.9 Å². The zero-order chi connectivity index (χ0) is 12.8. The summed E-state index contributed by atoms with van der Waals surface area (Å²) in [6, 6.07) is 5.90. The lowest BCUT2D eigenvalue weighted by Crippen LogP contribution is -2.15. The Morgan fingerprint density at radius 3 is 2.82 bits per heavy atom. The largest absolute Gasteiger partial charge is 0.493 e. The SMILES string of the molecule is CC(C)c1cc(Br)ccc1OCC/C(N)=N/O. The zero-order valence-corrected chi connectivity index (χ0v) is 11.6. The lowest BCUT2D eigenvalue weighted by molar-refractivity contribution is 0.304. The molecular weight excluding hydrogens is 284 g/mol. The van der Waals surface area contributed by atoms with Gasteiger partial charge in [0, 0.05) is 10.9 Å². The average Bonchev–Trinajstić information content (AvgIpc) is 2.30. The van der Waals surface area contributed by atoms with E-state index in [-0.39, 0.29) is 5.84 Å². The van der Waals surface area contributed by atoms with Crippen molar-refractivity contribution in [3.63, 3.8) is 0 Å². The van der Waals surface area contributed by atoms with Crippen LogP contribution in [-0.2, 0) is 0 Å². The van der Waals surface area contributed by atoms with Gasteiger partial charge in [-0.2, -0.15) is 0 Å². The Hall–Kier alpha value is -1.23. The van der Waals surface area contributed by atoms with Crippen molar-refractivity contribution < 1.29 is 9.94 Å². The number of hydrogen-bond donors (Lipinski definition) is 2. The standard InChI is InChI=1S/C12H17BrN2O2/c1-8(2)10-7-9(13)3-4-11(10)17-6-5-12(14)15-16/h3-4,7-8,16H,5-6H2,1-2H3,(H2,14,15). The van der Waals surface area contributed by atoms with Crippen LogP contribution in [0.2, 0.25) is 0 Å². The lowest BCUT2D eigenvalue weighted by Gasteiger charge is -2.14. The minimum absolute atomic E-state index is 0.174. The number of oxime groups is 1. The third-order valence-electron chi connectivity index (χ3n) is 2.34. The van der Waals surface area contributed by atoms with E-state index in [1.165, 1.54) is 0 Å². The summed E-state index contributed by atoms with van der Waals surface area (Å²) in [7, 11) is 0. The second kappa shape index (κ2) is 6.49. The van der Waals surface area contributed by atoms with Gasteiger partial charge in [0.05, 0.1) is 6.61 Å². The van der Waals surface area contributed by atoms with Gasteiger partial charge in [-0.05, 0) is 29.7 Å². The second-order valence-electron chi connectivity index (χ2n) is 4.03. The van der Waals surface area contributed by atoms with E-state index >= 15 is 0 Å². The zero-order valence-electron chi connectivity index (χ0n) is 9.98. The Morgan fingerprint density at radius 2 is 2.24 bits per heavy atom. The summed E-state index contributed by atoms with van der Waals surface area (Å²) in [5.74, 6) is 1.40. The fraction of sp³-hybridized carbons (Fsp3) is 0.417. The Labute approximate surface area is 110 Å². The van der Waals surface area contributed by atoms with Crippen LogP contribution >= 0.6 is 15.9 Å². The highest BCUT2D eigenvalue weighted by molar-refractivity contribution is 9.10. The molecule has 17 heavy (non-hydrogen) atoms. The first kappa shape index (κ1) is 13.8. The minimum Gasteiger partial charge on any atom is -0.493 e. The van der Waals surface area contributed by atoms with E-state index in [1.54, 1.807) is 0 Å². The molecule has 4 nitrogen and oxygen atoms in total. The van der Waals surface area contributed by atoms with Gasteiger partial charge in [-0.1, -0.05) is 34.9 Å². The van der Waals surface area contributed by atoms with Gasteiger partial charge < -0.3 is 15.7 Å². The first-order valence-corrected chi connectivity index (χ1v) is 6.22. The van der Waals surface area contributed by atoms with Crippen LogP contribution < -0.4 is 10.5 Å². The summed E-state index contributed by atoms with van der Waals surface area (Å²) >= 11 is 3.44. The molecule has 0 atom stereocenters. The molecule has 1 aromatic rings. The molecule has 0 unspecified atom stereocenters. The van der Waals surface area contributed by atoms with Crippen molar-refractivity contribution in [2.24, 2.45) is 10.9 Å². The fourth-order valence-corrected chi connectivity index (χ4v) is 1.80. The van der Waals surface area contributed by atoms with E-state index in [2.05, 4.69) is 34.9 Å². The number of rotatable bonds is 5. The van der Waals surface area contributed by atoms with Crippen molar-refractivity contribution in [1.82, 2.24) is 0 Å². The van der Waals surface area contributed by atoms with Crippen molar-refractivity contribution in [3.05, 3.63) is 28.2 Å². The van der Waals surface area contributed by atoms with Gasteiger partial charge in [0.2, 0.25) is 0 Å². The Morgan fingerprint density at radius 1 is 1.53 bits per heavy atom. The summed E-state index contributed by atoms with van der Waals surface area (Å²) < 4.78 is 6.67. The highest BCUT2D eigenvalue weighted by Crippen LogP contribution is 2.29. The van der Waals surface area contributed by atoms with Crippen molar-refractivity contribution in [1.29, 1.82) is 0 Å². The van der Waals surface area contributed by atoms with Gasteiger partial charge in [0.15, 0.2) is 0 Å². The van der Waals surface area contributed by atoms with E-state index in [1.807, 2.05) is 18.2 Å². The molecule has 0 saturated carbocycles. The van der Waals surface area contributed by atoms with Crippen LogP contribution in [0.1, 0.15) is 31.7 Å². The monoisotopic (exact) mass is 300 g/mol. The number of halogens is 1. The molecule has 0 saturated heterocycles. The van der Waals surface area contributed by atoms with E-state index in [4.69, 9.17) is 15.7 Å². The molecule has 0 bridgehead atoms. The molecule has 1 aromatic carbocycles. The molecule has 0 aromatic heterocycles. The Bertz CT molecular complexity index is 405. The molecule has 0 fully saturated rings.